The molecule has 1 saturated heterocycles. The second-order valence-corrected chi connectivity index (χ2v) is 11.1. The van der Waals surface area contributed by atoms with Crippen LogP contribution in [0.4, 0.5) is 16.3 Å². The van der Waals surface area contributed by atoms with E-state index in [2.05, 4.69) is 27.5 Å². The number of methoxy groups -OCH3 is 1. The fourth-order valence-electron chi connectivity index (χ4n) is 5.51. The van der Waals surface area contributed by atoms with Crippen LogP contribution in [-0.4, -0.2) is 89.1 Å². The van der Waals surface area contributed by atoms with Crippen LogP contribution in [0.25, 0.3) is 11.0 Å². The lowest BCUT2D eigenvalue weighted by atomic mass is 9.92. The highest BCUT2D eigenvalue weighted by Crippen LogP contribution is 2.30. The highest BCUT2D eigenvalue weighted by Gasteiger charge is 2.33. The average Bonchev–Trinajstić information content (AvgIpc) is 3.49. The Morgan fingerprint density at radius 1 is 1.18 bits per heavy atom. The van der Waals surface area contributed by atoms with Crippen molar-refractivity contribution in [2.45, 2.75) is 51.1 Å². The quantitative estimate of drug-likeness (QED) is 0.213. The standard InChI is InChI=1S/C31H39N9O5/c1-20-12-16-39(26(41)11-15-33)18-25(20)38(2)27-23-13-17-40(28(23)35-19-34-27)31(44)36-22-9-7-21(8-10-22)29(42)37-24(30(43)45-3)6-4-5-14-32/h7-10,13,17,19-20,24-25H,4-6,11-12,14,16,18,32H2,1-3H3,(H,36,44)(H,37,42)/t20-,24+,25+/m1/s1. The fraction of sp³-hybridized carbons (Fsp3) is 0.452. The number of hydrogen-bond acceptors (Lipinski definition) is 10. The first-order chi connectivity index (χ1) is 21.7. The van der Waals surface area contributed by atoms with Crippen LogP contribution in [-0.2, 0) is 14.3 Å². The summed E-state index contributed by atoms with van der Waals surface area (Å²) in [7, 11) is 3.18. The Morgan fingerprint density at radius 3 is 2.62 bits per heavy atom. The number of unbranched alkanes of at least 4 members (excludes halogenated alkanes) is 1. The number of rotatable bonds is 11. The number of piperidine rings is 1. The molecule has 0 radical (unpaired) electrons. The number of nitrogens with zero attached hydrogens (tertiary/aromatic N) is 6. The van der Waals surface area contributed by atoms with Gasteiger partial charge >= 0.3 is 12.0 Å². The maximum absolute atomic E-state index is 13.3. The number of esters is 1. The number of carbonyl (C=O) groups excluding carboxylic acids is 4. The van der Waals surface area contributed by atoms with Gasteiger partial charge in [-0.15, -0.1) is 0 Å². The highest BCUT2D eigenvalue weighted by molar-refractivity contribution is 6.01. The van der Waals surface area contributed by atoms with E-state index in [-0.39, 0.29) is 24.3 Å². The number of nitrogens with two attached hydrogens (primary N) is 1. The van der Waals surface area contributed by atoms with Gasteiger partial charge in [-0.3, -0.25) is 14.2 Å². The molecule has 1 aliphatic rings. The van der Waals surface area contributed by atoms with Crippen molar-refractivity contribution >= 4 is 46.4 Å². The predicted molar refractivity (Wildman–Crippen MR) is 167 cm³/mol. The minimum absolute atomic E-state index is 0.0405. The molecule has 1 fully saturated rings. The number of nitrogens with one attached hydrogen (secondary N) is 2. The third-order valence-electron chi connectivity index (χ3n) is 8.15. The van der Waals surface area contributed by atoms with E-state index in [1.807, 2.05) is 18.0 Å². The van der Waals surface area contributed by atoms with E-state index in [0.717, 1.165) is 12.8 Å². The van der Waals surface area contributed by atoms with Gasteiger partial charge in [0.05, 0.1) is 24.6 Å². The van der Waals surface area contributed by atoms with Gasteiger partial charge in [0.15, 0.2) is 5.65 Å². The first-order valence-corrected chi connectivity index (χ1v) is 14.9. The topological polar surface area (TPSA) is 189 Å². The summed E-state index contributed by atoms with van der Waals surface area (Å²) in [6.45, 7) is 3.69. The molecular formula is C31H39N9O5. The van der Waals surface area contributed by atoms with Crippen LogP contribution in [0.15, 0.2) is 42.9 Å². The number of nitriles is 1. The van der Waals surface area contributed by atoms with E-state index in [9.17, 15) is 19.2 Å². The van der Waals surface area contributed by atoms with E-state index in [1.54, 1.807) is 41.4 Å². The first kappa shape index (κ1) is 32.9. The van der Waals surface area contributed by atoms with Crippen LogP contribution in [0, 0.1) is 17.2 Å². The lowest BCUT2D eigenvalue weighted by molar-refractivity contribution is -0.143. The zero-order chi connectivity index (χ0) is 32.5. The Labute approximate surface area is 261 Å². The number of anilines is 2. The lowest BCUT2D eigenvalue weighted by Crippen LogP contribution is -2.52. The molecule has 3 atom stereocenters. The van der Waals surface area contributed by atoms with Crippen molar-refractivity contribution in [1.82, 2.24) is 24.8 Å². The highest BCUT2D eigenvalue weighted by atomic mass is 16.5. The molecule has 0 spiro atoms. The van der Waals surface area contributed by atoms with E-state index < -0.39 is 23.9 Å². The minimum Gasteiger partial charge on any atom is -0.467 e. The number of likely N-dealkylation sites (tertiary alicyclic amines) is 1. The normalized spacial score (nSPS) is 16.8. The molecule has 0 bridgehead atoms. The molecule has 0 aliphatic carbocycles. The van der Waals surface area contributed by atoms with Crippen LogP contribution >= 0.6 is 0 Å². The van der Waals surface area contributed by atoms with Gasteiger partial charge < -0.3 is 30.9 Å². The number of benzene rings is 1. The molecule has 4 N–H and O–H groups in total. The zero-order valence-electron chi connectivity index (χ0n) is 25.7. The molecule has 3 heterocycles. The van der Waals surface area contributed by atoms with Crippen molar-refractivity contribution in [3.8, 4) is 6.07 Å². The van der Waals surface area contributed by atoms with Crippen LogP contribution in [0.2, 0.25) is 0 Å². The van der Waals surface area contributed by atoms with Gasteiger partial charge in [-0.2, -0.15) is 5.26 Å². The predicted octanol–water partition coefficient (Wildman–Crippen LogP) is 2.50. The lowest BCUT2D eigenvalue weighted by Gasteiger charge is -2.42. The molecule has 2 aromatic heterocycles. The summed E-state index contributed by atoms with van der Waals surface area (Å²) in [4.78, 5) is 63.2. The molecule has 238 valence electrons. The van der Waals surface area contributed by atoms with E-state index in [1.165, 1.54) is 18.0 Å². The summed E-state index contributed by atoms with van der Waals surface area (Å²) in [5.74, 6) is -0.255. The number of likely N-dealkylation sites (N-methyl/N-ethyl adjacent to an activating group) is 1. The second kappa shape index (κ2) is 15.1. The molecule has 1 aliphatic heterocycles. The molecule has 0 saturated carbocycles. The van der Waals surface area contributed by atoms with Gasteiger partial charge in [-0.1, -0.05) is 6.92 Å². The number of amides is 3. The van der Waals surface area contributed by atoms with Crippen molar-refractivity contribution in [3.63, 3.8) is 0 Å². The first-order valence-electron chi connectivity index (χ1n) is 14.9. The van der Waals surface area contributed by atoms with Gasteiger partial charge in [0.1, 0.15) is 24.6 Å². The van der Waals surface area contributed by atoms with Gasteiger partial charge in [-0.05, 0) is 68.5 Å². The summed E-state index contributed by atoms with van der Waals surface area (Å²) in [6.07, 6.45) is 5.46. The molecule has 1 aromatic carbocycles. The minimum atomic E-state index is -0.785. The van der Waals surface area contributed by atoms with Gasteiger partial charge in [0, 0.05) is 37.6 Å². The molecule has 3 amide bonds. The van der Waals surface area contributed by atoms with Crippen molar-refractivity contribution in [3.05, 3.63) is 48.4 Å². The zero-order valence-corrected chi connectivity index (χ0v) is 25.7. The maximum Gasteiger partial charge on any atom is 0.331 e. The number of carbonyl (C=O) groups is 4. The largest absolute Gasteiger partial charge is 0.467 e. The second-order valence-electron chi connectivity index (χ2n) is 11.1. The number of hydrogen-bond donors (Lipinski definition) is 3. The molecule has 4 rings (SSSR count). The molecule has 0 unspecified atom stereocenters. The van der Waals surface area contributed by atoms with E-state index in [0.29, 0.717) is 60.6 Å². The number of fused-ring (bicyclic) bond motifs is 1. The summed E-state index contributed by atoms with van der Waals surface area (Å²) in [5, 5.41) is 15.1. The Morgan fingerprint density at radius 2 is 1.93 bits per heavy atom. The summed E-state index contributed by atoms with van der Waals surface area (Å²) < 4.78 is 6.19. The van der Waals surface area contributed by atoms with Crippen LogP contribution in [0.1, 0.15) is 49.4 Å². The molecular weight excluding hydrogens is 578 g/mol. The van der Waals surface area contributed by atoms with Gasteiger partial charge in [0.2, 0.25) is 5.91 Å². The average molecular weight is 618 g/mol. The molecule has 14 heteroatoms. The summed E-state index contributed by atoms with van der Waals surface area (Å²) in [5.41, 5.74) is 6.71. The van der Waals surface area contributed by atoms with Crippen molar-refractivity contribution < 1.29 is 23.9 Å². The van der Waals surface area contributed by atoms with Crippen molar-refractivity contribution in [2.75, 3.05) is 44.0 Å². The smallest absolute Gasteiger partial charge is 0.331 e. The third kappa shape index (κ3) is 7.74. The Bertz CT molecular complexity index is 1570. The number of ether oxygens (including phenoxy) is 1. The summed E-state index contributed by atoms with van der Waals surface area (Å²) in [6, 6.07) is 8.72. The maximum atomic E-state index is 13.3. The van der Waals surface area contributed by atoms with Crippen LogP contribution < -0.4 is 21.3 Å². The van der Waals surface area contributed by atoms with Crippen LogP contribution in [0.3, 0.4) is 0 Å². The molecule has 14 nitrogen and oxygen atoms in total. The monoisotopic (exact) mass is 617 g/mol. The van der Waals surface area contributed by atoms with Crippen molar-refractivity contribution in [2.24, 2.45) is 11.7 Å². The summed E-state index contributed by atoms with van der Waals surface area (Å²) >= 11 is 0. The Kier molecular flexibility index (Phi) is 11.0. The third-order valence-corrected chi connectivity index (χ3v) is 8.15. The van der Waals surface area contributed by atoms with Crippen LogP contribution in [0.5, 0.6) is 0 Å². The molecule has 3 aromatic rings. The van der Waals surface area contributed by atoms with Gasteiger partial charge in [0.25, 0.3) is 5.91 Å². The number of aromatic nitrogens is 3. The fourth-order valence-corrected chi connectivity index (χ4v) is 5.51. The Hall–Kier alpha value is -5.03. The van der Waals surface area contributed by atoms with Gasteiger partial charge in [-0.25, -0.2) is 19.6 Å². The Balaban J connectivity index is 1.45. The van der Waals surface area contributed by atoms with E-state index in [4.69, 9.17) is 15.7 Å². The molecule has 45 heavy (non-hydrogen) atoms. The van der Waals surface area contributed by atoms with E-state index >= 15 is 0 Å². The SMILES string of the molecule is COC(=O)[C@H](CCCCN)NC(=O)c1ccc(NC(=O)n2ccc3c(N(C)[C@H]4CN(C(=O)CC#N)CC[C@H]4C)ncnc32)cc1. The van der Waals surface area contributed by atoms with Crippen molar-refractivity contribution in [1.29, 1.82) is 5.26 Å².